The Morgan fingerprint density at radius 3 is 2.83 bits per heavy atom. The van der Waals surface area contributed by atoms with E-state index < -0.39 is 0 Å². The van der Waals surface area contributed by atoms with Gasteiger partial charge in [-0.1, -0.05) is 37.2 Å². The van der Waals surface area contributed by atoms with Crippen LogP contribution < -0.4 is 5.32 Å². The quantitative estimate of drug-likeness (QED) is 0.849. The van der Waals surface area contributed by atoms with Crippen molar-refractivity contribution in [2.75, 3.05) is 5.32 Å². The largest absolute Gasteiger partial charge is 0.376 e. The van der Waals surface area contributed by atoms with Crippen molar-refractivity contribution in [2.24, 2.45) is 0 Å². The smallest absolute Gasteiger partial charge is 0.245 e. The first kappa shape index (κ1) is 12.6. The summed E-state index contributed by atoms with van der Waals surface area (Å²) in [4.78, 5) is 4.33. The minimum absolute atomic E-state index is 0.577. The maximum atomic E-state index is 5.19. The maximum Gasteiger partial charge on any atom is 0.245 e. The predicted molar refractivity (Wildman–Crippen MR) is 71.4 cm³/mol. The van der Waals surface area contributed by atoms with E-state index >= 15 is 0 Å². The summed E-state index contributed by atoms with van der Waals surface area (Å²) in [7, 11) is 0. The predicted octanol–water partition coefficient (Wildman–Crippen LogP) is 3.20. The van der Waals surface area contributed by atoms with E-state index in [-0.39, 0.29) is 0 Å². The number of aromatic nitrogens is 2. The summed E-state index contributed by atoms with van der Waals surface area (Å²) in [5, 5.41) is 7.27. The van der Waals surface area contributed by atoms with Gasteiger partial charge in [0.2, 0.25) is 5.89 Å². The molecule has 0 bridgehead atoms. The van der Waals surface area contributed by atoms with Crippen LogP contribution in [0.2, 0.25) is 0 Å². The summed E-state index contributed by atoms with van der Waals surface area (Å²) in [6, 6.07) is 8.27. The Hall–Kier alpha value is -1.84. The molecular formula is C14H19N3O. The Kier molecular flexibility index (Phi) is 4.34. The van der Waals surface area contributed by atoms with Crippen LogP contribution in [0.15, 0.2) is 28.8 Å². The molecule has 0 saturated carbocycles. The topological polar surface area (TPSA) is 51.0 Å². The second-order valence-electron chi connectivity index (χ2n) is 4.22. The normalized spacial score (nSPS) is 10.6. The third kappa shape index (κ3) is 3.09. The fourth-order valence-corrected chi connectivity index (χ4v) is 1.86. The van der Waals surface area contributed by atoms with Gasteiger partial charge in [0.15, 0.2) is 5.82 Å². The summed E-state index contributed by atoms with van der Waals surface area (Å²) in [6.07, 6.45) is 2.91. The van der Waals surface area contributed by atoms with Gasteiger partial charge in [0, 0.05) is 12.1 Å². The SMILES string of the molecule is CCCc1noc(CNc2ccccc2CC)n1. The van der Waals surface area contributed by atoms with Crippen LogP contribution in [0.5, 0.6) is 0 Å². The van der Waals surface area contributed by atoms with Gasteiger partial charge >= 0.3 is 0 Å². The summed E-state index contributed by atoms with van der Waals surface area (Å²) in [5.74, 6) is 1.43. The highest BCUT2D eigenvalue weighted by molar-refractivity contribution is 5.50. The number of nitrogens with zero attached hydrogens (tertiary/aromatic N) is 2. The fourth-order valence-electron chi connectivity index (χ4n) is 1.86. The molecule has 0 aliphatic carbocycles. The van der Waals surface area contributed by atoms with Crippen molar-refractivity contribution in [3.8, 4) is 0 Å². The van der Waals surface area contributed by atoms with Gasteiger partial charge < -0.3 is 9.84 Å². The highest BCUT2D eigenvalue weighted by Crippen LogP contribution is 2.16. The first-order valence-corrected chi connectivity index (χ1v) is 6.46. The molecule has 1 aromatic carbocycles. The number of aryl methyl sites for hydroxylation is 2. The van der Waals surface area contributed by atoms with E-state index in [1.54, 1.807) is 0 Å². The van der Waals surface area contributed by atoms with E-state index in [4.69, 9.17) is 4.52 Å². The fraction of sp³-hybridized carbons (Fsp3) is 0.429. The average molecular weight is 245 g/mol. The lowest BCUT2D eigenvalue weighted by molar-refractivity contribution is 0.377. The van der Waals surface area contributed by atoms with E-state index in [1.165, 1.54) is 5.56 Å². The van der Waals surface area contributed by atoms with Crippen LogP contribution in [0.4, 0.5) is 5.69 Å². The molecule has 0 atom stereocenters. The third-order valence-corrected chi connectivity index (χ3v) is 2.81. The highest BCUT2D eigenvalue weighted by atomic mass is 16.5. The lowest BCUT2D eigenvalue weighted by Gasteiger charge is -2.08. The van der Waals surface area contributed by atoms with Crippen molar-refractivity contribution in [1.82, 2.24) is 10.1 Å². The number of nitrogens with one attached hydrogen (secondary N) is 1. The van der Waals surface area contributed by atoms with Crippen LogP contribution in [0.25, 0.3) is 0 Å². The van der Waals surface area contributed by atoms with E-state index in [0.29, 0.717) is 12.4 Å². The van der Waals surface area contributed by atoms with Crippen LogP contribution in [-0.4, -0.2) is 10.1 Å². The monoisotopic (exact) mass is 245 g/mol. The third-order valence-electron chi connectivity index (χ3n) is 2.81. The number of hydrogen-bond acceptors (Lipinski definition) is 4. The zero-order valence-electron chi connectivity index (χ0n) is 10.9. The Balaban J connectivity index is 1.97. The first-order valence-electron chi connectivity index (χ1n) is 6.46. The van der Waals surface area contributed by atoms with Gasteiger partial charge in [-0.15, -0.1) is 0 Å². The van der Waals surface area contributed by atoms with Crippen LogP contribution in [0.3, 0.4) is 0 Å². The van der Waals surface area contributed by atoms with Gasteiger partial charge in [0.1, 0.15) is 0 Å². The molecule has 0 aliphatic rings. The van der Waals surface area contributed by atoms with Crippen molar-refractivity contribution < 1.29 is 4.52 Å². The summed E-state index contributed by atoms with van der Waals surface area (Å²) in [6.45, 7) is 4.83. The average Bonchev–Trinajstić information content (AvgIpc) is 2.85. The molecule has 1 aromatic heterocycles. The van der Waals surface area contributed by atoms with Gasteiger partial charge in [-0.2, -0.15) is 4.98 Å². The summed E-state index contributed by atoms with van der Waals surface area (Å²) in [5.41, 5.74) is 2.43. The highest BCUT2D eigenvalue weighted by Gasteiger charge is 2.06. The van der Waals surface area contributed by atoms with Crippen molar-refractivity contribution >= 4 is 5.69 Å². The van der Waals surface area contributed by atoms with Crippen molar-refractivity contribution in [3.05, 3.63) is 41.5 Å². The van der Waals surface area contributed by atoms with E-state index in [0.717, 1.165) is 30.8 Å². The van der Waals surface area contributed by atoms with Crippen LogP contribution >= 0.6 is 0 Å². The standard InChI is InChI=1S/C14H19N3O/c1-3-7-13-16-14(18-17-13)10-15-12-9-6-5-8-11(12)4-2/h5-6,8-9,15H,3-4,7,10H2,1-2H3. The van der Waals surface area contributed by atoms with E-state index in [2.05, 4.69) is 47.5 Å². The number of para-hydroxylation sites is 1. The zero-order chi connectivity index (χ0) is 12.8. The molecule has 1 heterocycles. The molecule has 0 amide bonds. The van der Waals surface area contributed by atoms with Gasteiger partial charge in [-0.05, 0) is 24.5 Å². The number of benzene rings is 1. The minimum Gasteiger partial charge on any atom is -0.376 e. The van der Waals surface area contributed by atoms with Gasteiger partial charge in [-0.25, -0.2) is 0 Å². The molecule has 0 unspecified atom stereocenters. The zero-order valence-corrected chi connectivity index (χ0v) is 10.9. The van der Waals surface area contributed by atoms with Gasteiger partial charge in [0.05, 0.1) is 6.54 Å². The molecule has 0 spiro atoms. The molecule has 96 valence electrons. The molecule has 0 aliphatic heterocycles. The van der Waals surface area contributed by atoms with Gasteiger partial charge in [-0.3, -0.25) is 0 Å². The van der Waals surface area contributed by atoms with E-state index in [9.17, 15) is 0 Å². The van der Waals surface area contributed by atoms with E-state index in [1.807, 2.05) is 6.07 Å². The van der Waals surface area contributed by atoms with Gasteiger partial charge in [0.25, 0.3) is 0 Å². The molecule has 1 N–H and O–H groups in total. The van der Waals surface area contributed by atoms with Crippen LogP contribution in [0, 0.1) is 0 Å². The van der Waals surface area contributed by atoms with Crippen LogP contribution in [0.1, 0.15) is 37.5 Å². The second-order valence-corrected chi connectivity index (χ2v) is 4.22. The first-order chi connectivity index (χ1) is 8.83. The maximum absolute atomic E-state index is 5.19. The lowest BCUT2D eigenvalue weighted by atomic mass is 10.1. The Labute approximate surface area is 107 Å². The second kappa shape index (κ2) is 6.19. The molecule has 0 fully saturated rings. The molecule has 0 saturated heterocycles. The molecular weight excluding hydrogens is 226 g/mol. The van der Waals surface area contributed by atoms with Crippen molar-refractivity contribution in [2.45, 2.75) is 39.7 Å². The molecule has 0 radical (unpaired) electrons. The van der Waals surface area contributed by atoms with Crippen molar-refractivity contribution in [3.63, 3.8) is 0 Å². The summed E-state index contributed by atoms with van der Waals surface area (Å²) < 4.78 is 5.19. The minimum atomic E-state index is 0.577. The molecule has 18 heavy (non-hydrogen) atoms. The summed E-state index contributed by atoms with van der Waals surface area (Å²) >= 11 is 0. The Morgan fingerprint density at radius 1 is 1.22 bits per heavy atom. The number of hydrogen-bond donors (Lipinski definition) is 1. The lowest BCUT2D eigenvalue weighted by Crippen LogP contribution is -2.02. The molecule has 2 aromatic rings. The Morgan fingerprint density at radius 2 is 2.06 bits per heavy atom. The number of rotatable bonds is 6. The molecule has 4 nitrogen and oxygen atoms in total. The van der Waals surface area contributed by atoms with Crippen molar-refractivity contribution in [1.29, 1.82) is 0 Å². The molecule has 4 heteroatoms. The van der Waals surface area contributed by atoms with Crippen LogP contribution in [-0.2, 0) is 19.4 Å². The molecule has 2 rings (SSSR count). The number of anilines is 1. The Bertz CT molecular complexity index is 493.